The van der Waals surface area contributed by atoms with Crippen LogP contribution in [0.3, 0.4) is 0 Å². The van der Waals surface area contributed by atoms with E-state index in [2.05, 4.69) is 12.1 Å². The first-order valence-electron chi connectivity index (χ1n) is 6.30. The van der Waals surface area contributed by atoms with Gasteiger partial charge in [0.25, 0.3) is 0 Å². The predicted molar refractivity (Wildman–Crippen MR) is 69.1 cm³/mol. The zero-order valence-electron chi connectivity index (χ0n) is 10.1. The number of ether oxygens (including phenoxy) is 2. The number of Topliss-reactive ketones (excluding diaryl/α,β-unsaturated/α-hetero) is 1. The summed E-state index contributed by atoms with van der Waals surface area (Å²) in [6.45, 7) is 1.33. The molecule has 1 saturated heterocycles. The second kappa shape index (κ2) is 5.14. The fourth-order valence-electron chi connectivity index (χ4n) is 2.50. The standard InChI is InChI=1S/C14H16O3Se/c15-12-6-7-14(16-8-9-17-14)10-13(12)18-11-4-2-1-3-5-11/h1-5,13H,6-10H2. The average molecular weight is 311 g/mol. The summed E-state index contributed by atoms with van der Waals surface area (Å²) >= 11 is 0.182. The van der Waals surface area contributed by atoms with Crippen molar-refractivity contribution in [1.29, 1.82) is 0 Å². The van der Waals surface area contributed by atoms with Gasteiger partial charge in [-0.2, -0.15) is 0 Å². The summed E-state index contributed by atoms with van der Waals surface area (Å²) < 4.78 is 12.7. The van der Waals surface area contributed by atoms with Crippen molar-refractivity contribution in [2.24, 2.45) is 0 Å². The molecule has 4 heteroatoms. The maximum absolute atomic E-state index is 12.0. The van der Waals surface area contributed by atoms with Gasteiger partial charge in [0.05, 0.1) is 0 Å². The summed E-state index contributed by atoms with van der Waals surface area (Å²) in [6, 6.07) is 10.3. The molecule has 96 valence electrons. The minimum atomic E-state index is -0.449. The molecule has 2 aliphatic rings. The van der Waals surface area contributed by atoms with Gasteiger partial charge in [-0.15, -0.1) is 0 Å². The maximum atomic E-state index is 12.0. The van der Waals surface area contributed by atoms with Crippen molar-refractivity contribution in [2.45, 2.75) is 29.9 Å². The molecule has 0 radical (unpaired) electrons. The van der Waals surface area contributed by atoms with Crippen molar-refractivity contribution in [1.82, 2.24) is 0 Å². The van der Waals surface area contributed by atoms with Crippen LogP contribution in [0.15, 0.2) is 30.3 Å². The topological polar surface area (TPSA) is 35.5 Å². The van der Waals surface area contributed by atoms with Crippen molar-refractivity contribution in [3.63, 3.8) is 0 Å². The quantitative estimate of drug-likeness (QED) is 0.773. The van der Waals surface area contributed by atoms with Crippen LogP contribution in [0.4, 0.5) is 0 Å². The van der Waals surface area contributed by atoms with E-state index in [1.165, 1.54) is 4.46 Å². The molecule has 1 spiro atoms. The predicted octanol–water partition coefficient (Wildman–Crippen LogP) is 1.30. The van der Waals surface area contributed by atoms with Crippen LogP contribution in [0.1, 0.15) is 19.3 Å². The number of hydrogen-bond acceptors (Lipinski definition) is 3. The van der Waals surface area contributed by atoms with E-state index in [-0.39, 0.29) is 19.8 Å². The van der Waals surface area contributed by atoms with E-state index in [1.54, 1.807) is 0 Å². The molecule has 2 fully saturated rings. The third kappa shape index (κ3) is 2.52. The Bertz CT molecular complexity index is 426. The molecule has 0 amide bonds. The molecule has 1 aromatic carbocycles. The number of benzene rings is 1. The second-order valence-electron chi connectivity index (χ2n) is 4.70. The van der Waals surface area contributed by atoms with Crippen molar-refractivity contribution in [3.05, 3.63) is 30.3 Å². The number of rotatable bonds is 2. The van der Waals surface area contributed by atoms with E-state index < -0.39 is 5.79 Å². The Morgan fingerprint density at radius 3 is 2.61 bits per heavy atom. The molecule has 1 aliphatic heterocycles. The van der Waals surface area contributed by atoms with Crippen molar-refractivity contribution in [3.8, 4) is 0 Å². The molecule has 1 atom stereocenters. The Labute approximate surface area is 113 Å². The zero-order chi connectivity index (χ0) is 12.4. The fraction of sp³-hybridized carbons (Fsp3) is 0.500. The summed E-state index contributed by atoms with van der Waals surface area (Å²) in [5.74, 6) is -0.0710. The number of hydrogen-bond donors (Lipinski definition) is 0. The fourth-order valence-corrected chi connectivity index (χ4v) is 5.08. The molecular weight excluding hydrogens is 295 g/mol. The van der Waals surface area contributed by atoms with Gasteiger partial charge in [-0.1, -0.05) is 0 Å². The number of ketones is 1. The van der Waals surface area contributed by atoms with Crippen LogP contribution in [0.2, 0.25) is 4.82 Å². The number of carbonyl (C=O) groups excluding carboxylic acids is 1. The Morgan fingerprint density at radius 1 is 1.17 bits per heavy atom. The third-order valence-corrected chi connectivity index (χ3v) is 6.08. The molecule has 18 heavy (non-hydrogen) atoms. The molecule has 3 rings (SSSR count). The van der Waals surface area contributed by atoms with Crippen LogP contribution in [0.5, 0.6) is 0 Å². The van der Waals surface area contributed by atoms with Crippen LogP contribution in [-0.4, -0.2) is 39.7 Å². The number of carbonyl (C=O) groups is 1. The molecule has 1 aromatic rings. The molecule has 0 aromatic heterocycles. The van der Waals surface area contributed by atoms with Crippen molar-refractivity contribution in [2.75, 3.05) is 13.2 Å². The van der Waals surface area contributed by atoms with E-state index in [4.69, 9.17) is 9.47 Å². The molecule has 0 bridgehead atoms. The summed E-state index contributed by atoms with van der Waals surface area (Å²) in [7, 11) is 0. The first-order chi connectivity index (χ1) is 8.77. The normalized spacial score (nSPS) is 26.7. The summed E-state index contributed by atoms with van der Waals surface area (Å²) in [4.78, 5) is 12.1. The molecule has 0 N–H and O–H groups in total. The molecule has 1 aliphatic carbocycles. The van der Waals surface area contributed by atoms with E-state index in [1.807, 2.05) is 18.2 Å². The van der Waals surface area contributed by atoms with E-state index in [0.717, 1.165) is 12.8 Å². The van der Waals surface area contributed by atoms with Gasteiger partial charge in [0, 0.05) is 0 Å². The molecule has 1 heterocycles. The van der Waals surface area contributed by atoms with Crippen molar-refractivity contribution >= 4 is 25.2 Å². The van der Waals surface area contributed by atoms with Crippen LogP contribution >= 0.6 is 0 Å². The molecule has 1 unspecified atom stereocenters. The van der Waals surface area contributed by atoms with Gasteiger partial charge in [0.1, 0.15) is 0 Å². The summed E-state index contributed by atoms with van der Waals surface area (Å²) in [5.41, 5.74) is 0. The van der Waals surface area contributed by atoms with Crippen LogP contribution in [0, 0.1) is 0 Å². The van der Waals surface area contributed by atoms with E-state index >= 15 is 0 Å². The molecule has 3 nitrogen and oxygen atoms in total. The van der Waals surface area contributed by atoms with Gasteiger partial charge in [0.15, 0.2) is 0 Å². The zero-order valence-corrected chi connectivity index (χ0v) is 11.8. The first-order valence-corrected chi connectivity index (χ1v) is 8.14. The van der Waals surface area contributed by atoms with Crippen LogP contribution in [0.25, 0.3) is 0 Å². The van der Waals surface area contributed by atoms with Gasteiger partial charge in [0.2, 0.25) is 0 Å². The van der Waals surface area contributed by atoms with Crippen LogP contribution in [-0.2, 0) is 14.3 Å². The Balaban J connectivity index is 1.72. The van der Waals surface area contributed by atoms with Gasteiger partial charge < -0.3 is 0 Å². The SMILES string of the molecule is O=C1CCC2(CC1[Se]c1ccccc1)OCCO2. The Hall–Kier alpha value is -0.671. The van der Waals surface area contributed by atoms with Gasteiger partial charge in [-0.05, 0) is 0 Å². The summed E-state index contributed by atoms with van der Waals surface area (Å²) in [5, 5.41) is 0. The van der Waals surface area contributed by atoms with E-state index in [9.17, 15) is 4.79 Å². The van der Waals surface area contributed by atoms with Crippen molar-refractivity contribution < 1.29 is 14.3 Å². The van der Waals surface area contributed by atoms with E-state index in [0.29, 0.717) is 25.4 Å². The van der Waals surface area contributed by atoms with Gasteiger partial charge >= 0.3 is 113 Å². The third-order valence-electron chi connectivity index (χ3n) is 3.44. The van der Waals surface area contributed by atoms with Crippen LogP contribution < -0.4 is 4.46 Å². The van der Waals surface area contributed by atoms with Gasteiger partial charge in [-0.25, -0.2) is 0 Å². The second-order valence-corrected chi connectivity index (χ2v) is 7.38. The Morgan fingerprint density at radius 2 is 1.89 bits per heavy atom. The Kier molecular flexibility index (Phi) is 3.53. The van der Waals surface area contributed by atoms with Gasteiger partial charge in [-0.3, -0.25) is 0 Å². The minimum absolute atomic E-state index is 0.103. The average Bonchev–Trinajstić information content (AvgIpc) is 2.84. The first kappa shape index (κ1) is 12.4. The molecular formula is C14H16O3Se. The monoisotopic (exact) mass is 312 g/mol. The summed E-state index contributed by atoms with van der Waals surface area (Å²) in [6.07, 6.45) is 2.06. The molecule has 1 saturated carbocycles.